The lowest BCUT2D eigenvalue weighted by Gasteiger charge is -2.17. The summed E-state index contributed by atoms with van der Waals surface area (Å²) in [5.74, 6) is 0.629. The third-order valence-electron chi connectivity index (χ3n) is 4.48. The van der Waals surface area contributed by atoms with Crippen molar-refractivity contribution in [1.29, 1.82) is 0 Å². The molecule has 26 heavy (non-hydrogen) atoms. The predicted molar refractivity (Wildman–Crippen MR) is 106 cm³/mol. The van der Waals surface area contributed by atoms with E-state index in [1.165, 1.54) is 18.5 Å². The zero-order valence-electron chi connectivity index (χ0n) is 15.5. The maximum atomic E-state index is 12.1. The molecular formula is C20H27N5O. The Balaban J connectivity index is 1.54. The van der Waals surface area contributed by atoms with Crippen LogP contribution < -0.4 is 15.5 Å². The lowest BCUT2D eigenvalue weighted by molar-refractivity contribution is 0.0950. The quantitative estimate of drug-likeness (QED) is 0.801. The number of hydrogen-bond acceptors (Lipinski definition) is 5. The number of anilines is 3. The highest BCUT2D eigenvalue weighted by Crippen LogP contribution is 2.23. The lowest BCUT2D eigenvalue weighted by atomic mass is 10.2. The highest BCUT2D eigenvalue weighted by molar-refractivity contribution is 5.94. The topological polar surface area (TPSA) is 60.5 Å². The summed E-state index contributed by atoms with van der Waals surface area (Å²) in [5, 5.41) is 6.16. The summed E-state index contributed by atoms with van der Waals surface area (Å²) < 4.78 is 0. The van der Waals surface area contributed by atoms with Crippen LogP contribution in [-0.4, -0.2) is 56.1 Å². The smallest absolute Gasteiger partial charge is 0.252 e. The molecule has 0 radical (unpaired) electrons. The third-order valence-corrected chi connectivity index (χ3v) is 4.48. The molecule has 1 aromatic carbocycles. The van der Waals surface area contributed by atoms with Crippen LogP contribution in [0.15, 0.2) is 42.6 Å². The van der Waals surface area contributed by atoms with Gasteiger partial charge < -0.3 is 20.4 Å². The largest absolute Gasteiger partial charge is 0.372 e. The maximum absolute atomic E-state index is 12.1. The molecule has 1 aromatic heterocycles. The SMILES string of the molecule is CN(C)CCNC(=O)c1ccc(Nc2ccc(N3CCCC3)cc2)nc1. The van der Waals surface area contributed by atoms with Crippen molar-refractivity contribution >= 4 is 23.1 Å². The Morgan fingerprint density at radius 1 is 1.12 bits per heavy atom. The minimum absolute atomic E-state index is 0.0964. The van der Waals surface area contributed by atoms with E-state index in [4.69, 9.17) is 0 Å². The van der Waals surface area contributed by atoms with Gasteiger partial charge in [-0.2, -0.15) is 0 Å². The number of rotatable bonds is 7. The first-order chi connectivity index (χ1) is 12.6. The van der Waals surface area contributed by atoms with E-state index in [1.54, 1.807) is 12.3 Å². The van der Waals surface area contributed by atoms with Crippen LogP contribution in [0.2, 0.25) is 0 Å². The maximum Gasteiger partial charge on any atom is 0.252 e. The van der Waals surface area contributed by atoms with Gasteiger partial charge in [-0.25, -0.2) is 4.98 Å². The molecule has 0 aliphatic carbocycles. The van der Waals surface area contributed by atoms with E-state index in [0.717, 1.165) is 31.1 Å². The van der Waals surface area contributed by atoms with Crippen molar-refractivity contribution in [2.45, 2.75) is 12.8 Å². The molecule has 0 saturated carbocycles. The molecule has 0 bridgehead atoms. The number of aromatic nitrogens is 1. The second-order valence-corrected chi connectivity index (χ2v) is 6.86. The molecule has 0 unspecified atom stereocenters. The molecule has 0 atom stereocenters. The standard InChI is InChI=1S/C20H27N5O/c1-24(2)14-11-21-20(26)16-5-10-19(22-15-16)23-17-6-8-18(9-7-17)25-12-3-4-13-25/h5-10,15H,3-4,11-14H2,1-2H3,(H,21,26)(H,22,23). The fourth-order valence-electron chi connectivity index (χ4n) is 2.98. The van der Waals surface area contributed by atoms with Crippen LogP contribution in [0.25, 0.3) is 0 Å². The van der Waals surface area contributed by atoms with Crippen LogP contribution in [0.3, 0.4) is 0 Å². The number of carbonyl (C=O) groups excluding carboxylic acids is 1. The van der Waals surface area contributed by atoms with Gasteiger partial charge in [-0.05, 0) is 63.3 Å². The molecule has 1 aliphatic heterocycles. The Kier molecular flexibility index (Phi) is 6.07. The first kappa shape index (κ1) is 18.2. The highest BCUT2D eigenvalue weighted by Gasteiger charge is 2.12. The van der Waals surface area contributed by atoms with Gasteiger partial charge in [0.15, 0.2) is 0 Å². The van der Waals surface area contributed by atoms with E-state index < -0.39 is 0 Å². The van der Waals surface area contributed by atoms with Gasteiger partial charge in [0.05, 0.1) is 5.56 Å². The summed E-state index contributed by atoms with van der Waals surface area (Å²) in [7, 11) is 3.96. The van der Waals surface area contributed by atoms with Gasteiger partial charge in [0.25, 0.3) is 5.91 Å². The van der Waals surface area contributed by atoms with Crippen molar-refractivity contribution in [2.24, 2.45) is 0 Å². The lowest BCUT2D eigenvalue weighted by Crippen LogP contribution is -2.31. The second kappa shape index (κ2) is 8.67. The van der Waals surface area contributed by atoms with Crippen molar-refractivity contribution in [2.75, 3.05) is 50.5 Å². The average Bonchev–Trinajstić information content (AvgIpc) is 3.17. The van der Waals surface area contributed by atoms with Crippen LogP contribution in [0.4, 0.5) is 17.2 Å². The molecule has 1 amide bonds. The number of amides is 1. The van der Waals surface area contributed by atoms with Crippen molar-refractivity contribution in [3.63, 3.8) is 0 Å². The van der Waals surface area contributed by atoms with Gasteiger partial charge in [-0.1, -0.05) is 0 Å². The minimum atomic E-state index is -0.0964. The highest BCUT2D eigenvalue weighted by atomic mass is 16.1. The number of hydrogen-bond donors (Lipinski definition) is 2. The van der Waals surface area contributed by atoms with E-state index in [-0.39, 0.29) is 5.91 Å². The number of likely N-dealkylation sites (N-methyl/N-ethyl adjacent to an activating group) is 1. The number of nitrogens with zero attached hydrogens (tertiary/aromatic N) is 3. The summed E-state index contributed by atoms with van der Waals surface area (Å²) >= 11 is 0. The molecule has 6 nitrogen and oxygen atoms in total. The predicted octanol–water partition coefficient (Wildman–Crippen LogP) is 2.72. The zero-order valence-corrected chi connectivity index (χ0v) is 15.5. The van der Waals surface area contributed by atoms with Gasteiger partial charge in [0.2, 0.25) is 0 Å². The summed E-state index contributed by atoms with van der Waals surface area (Å²) in [6, 6.07) is 12.0. The van der Waals surface area contributed by atoms with E-state index in [9.17, 15) is 4.79 Å². The fraction of sp³-hybridized carbons (Fsp3) is 0.400. The van der Waals surface area contributed by atoms with Crippen LogP contribution >= 0.6 is 0 Å². The summed E-state index contributed by atoms with van der Waals surface area (Å²) in [5.41, 5.74) is 2.83. The number of pyridine rings is 1. The number of nitrogens with one attached hydrogen (secondary N) is 2. The molecule has 138 valence electrons. The molecule has 2 aromatic rings. The van der Waals surface area contributed by atoms with Gasteiger partial charge >= 0.3 is 0 Å². The van der Waals surface area contributed by atoms with Crippen molar-refractivity contribution < 1.29 is 4.79 Å². The van der Waals surface area contributed by atoms with Gasteiger partial charge in [0.1, 0.15) is 5.82 Å². The molecular weight excluding hydrogens is 326 g/mol. The molecule has 1 saturated heterocycles. The Morgan fingerprint density at radius 3 is 2.46 bits per heavy atom. The zero-order chi connectivity index (χ0) is 18.4. The molecule has 6 heteroatoms. The molecule has 1 aliphatic rings. The van der Waals surface area contributed by atoms with Crippen molar-refractivity contribution in [3.8, 4) is 0 Å². The summed E-state index contributed by atoms with van der Waals surface area (Å²) in [6.45, 7) is 3.72. The number of carbonyl (C=O) groups is 1. The van der Waals surface area contributed by atoms with Crippen molar-refractivity contribution in [1.82, 2.24) is 15.2 Å². The van der Waals surface area contributed by atoms with E-state index in [0.29, 0.717) is 12.1 Å². The Morgan fingerprint density at radius 2 is 1.85 bits per heavy atom. The Bertz CT molecular complexity index is 706. The van der Waals surface area contributed by atoms with Gasteiger partial charge in [0, 0.05) is 43.8 Å². The second-order valence-electron chi connectivity index (χ2n) is 6.86. The molecule has 1 fully saturated rings. The van der Waals surface area contributed by atoms with E-state index in [2.05, 4.69) is 44.8 Å². The first-order valence-electron chi connectivity index (χ1n) is 9.13. The molecule has 2 N–H and O–H groups in total. The minimum Gasteiger partial charge on any atom is -0.372 e. The monoisotopic (exact) mass is 353 g/mol. The Labute approximate surface area is 155 Å². The molecule has 0 spiro atoms. The summed E-state index contributed by atoms with van der Waals surface area (Å²) in [4.78, 5) is 20.8. The Hall–Kier alpha value is -2.60. The molecule has 3 rings (SSSR count). The third kappa shape index (κ3) is 4.95. The van der Waals surface area contributed by atoms with Crippen LogP contribution in [-0.2, 0) is 0 Å². The van der Waals surface area contributed by atoms with Crippen LogP contribution in [0.1, 0.15) is 23.2 Å². The normalized spacial score (nSPS) is 13.9. The fourth-order valence-corrected chi connectivity index (χ4v) is 2.98. The molecule has 2 heterocycles. The average molecular weight is 353 g/mol. The van der Waals surface area contributed by atoms with E-state index >= 15 is 0 Å². The summed E-state index contributed by atoms with van der Waals surface area (Å²) in [6.07, 6.45) is 4.16. The van der Waals surface area contributed by atoms with Crippen LogP contribution in [0, 0.1) is 0 Å². The first-order valence-corrected chi connectivity index (χ1v) is 9.13. The van der Waals surface area contributed by atoms with Gasteiger partial charge in [-0.3, -0.25) is 4.79 Å². The van der Waals surface area contributed by atoms with Crippen molar-refractivity contribution in [3.05, 3.63) is 48.2 Å². The van der Waals surface area contributed by atoms with Gasteiger partial charge in [-0.15, -0.1) is 0 Å². The van der Waals surface area contributed by atoms with Crippen LogP contribution in [0.5, 0.6) is 0 Å². The van der Waals surface area contributed by atoms with E-state index in [1.807, 2.05) is 25.1 Å². The number of benzene rings is 1.